The number of sulfonamides is 1. The van der Waals surface area contributed by atoms with E-state index in [0.717, 1.165) is 8.66 Å². The number of nitrogens with one attached hydrogen (secondary N) is 1. The fraction of sp³-hybridized carbons (Fsp3) is 0.500. The minimum Gasteiger partial charge on any atom is -0.393 e. The van der Waals surface area contributed by atoms with Crippen LogP contribution in [0.4, 0.5) is 0 Å². The van der Waals surface area contributed by atoms with E-state index in [9.17, 15) is 8.42 Å². The third-order valence-corrected chi connectivity index (χ3v) is 6.27. The normalized spacial score (nSPS) is 12.7. The molecule has 0 amide bonds. The zero-order chi connectivity index (χ0) is 14.1. The molecule has 0 fully saturated rings. The maximum Gasteiger partial charge on any atom is 0.241 e. The van der Waals surface area contributed by atoms with Crippen LogP contribution in [0.1, 0.15) is 18.7 Å². The molecule has 1 aromatic heterocycles. The molecule has 0 atom stereocenters. The minimum absolute atomic E-state index is 0.178. The van der Waals surface area contributed by atoms with Gasteiger partial charge in [-0.1, -0.05) is 26.1 Å². The highest BCUT2D eigenvalue weighted by atomic mass is 79.9. The topological polar surface area (TPSA) is 72.2 Å². The molecule has 0 radical (unpaired) electrons. The monoisotopic (exact) mass is 370 g/mol. The molecule has 0 aliphatic rings. The first-order valence-corrected chi connectivity index (χ1v) is 8.62. The van der Waals surface area contributed by atoms with Crippen molar-refractivity contribution in [1.29, 1.82) is 0 Å². The van der Waals surface area contributed by atoms with Gasteiger partial charge in [-0.2, -0.15) is 0 Å². The van der Waals surface area contributed by atoms with Crippen molar-refractivity contribution in [3.63, 3.8) is 0 Å². The van der Waals surface area contributed by atoms with Crippen molar-refractivity contribution in [2.24, 2.45) is 11.1 Å². The first kappa shape index (κ1) is 16.0. The zero-order valence-corrected chi connectivity index (χ0v) is 14.3. The Morgan fingerprint density at radius 1 is 1.61 bits per heavy atom. The lowest BCUT2D eigenvalue weighted by atomic mass is 9.94. The van der Waals surface area contributed by atoms with Gasteiger partial charge < -0.3 is 5.73 Å². The molecule has 102 valence electrons. The average Bonchev–Trinajstić information content (AvgIpc) is 2.56. The summed E-state index contributed by atoms with van der Waals surface area (Å²) in [6, 6.07) is 1.59. The molecule has 0 saturated carbocycles. The Morgan fingerprint density at radius 3 is 2.56 bits per heavy atom. The number of thiocarbonyl (C=S) groups is 1. The van der Waals surface area contributed by atoms with Gasteiger partial charge in [0.05, 0.1) is 13.7 Å². The van der Waals surface area contributed by atoms with Crippen molar-refractivity contribution in [1.82, 2.24) is 4.72 Å². The summed E-state index contributed by atoms with van der Waals surface area (Å²) in [7, 11) is -3.52. The summed E-state index contributed by atoms with van der Waals surface area (Å²) < 4.78 is 27.6. The molecule has 18 heavy (non-hydrogen) atoms. The maximum atomic E-state index is 12.1. The molecule has 0 aromatic carbocycles. The first-order valence-electron chi connectivity index (χ1n) is 5.12. The van der Waals surface area contributed by atoms with Gasteiger partial charge in [0.15, 0.2) is 0 Å². The van der Waals surface area contributed by atoms with Gasteiger partial charge in [-0.3, -0.25) is 0 Å². The van der Waals surface area contributed by atoms with Crippen LogP contribution in [0.3, 0.4) is 0 Å². The molecule has 0 unspecified atom stereocenters. The Labute approximate surface area is 125 Å². The zero-order valence-electron chi connectivity index (χ0n) is 10.3. The summed E-state index contributed by atoms with van der Waals surface area (Å²) in [5.41, 5.74) is 5.01. The minimum atomic E-state index is -3.52. The molecule has 1 rings (SSSR count). The van der Waals surface area contributed by atoms with Crippen LogP contribution in [-0.4, -0.2) is 20.0 Å². The summed E-state index contributed by atoms with van der Waals surface area (Å²) in [4.78, 5) is 1.31. The van der Waals surface area contributed by atoms with Gasteiger partial charge in [-0.15, -0.1) is 11.3 Å². The van der Waals surface area contributed by atoms with E-state index >= 15 is 0 Å². The highest BCUT2D eigenvalue weighted by Crippen LogP contribution is 2.29. The van der Waals surface area contributed by atoms with Crippen molar-refractivity contribution in [3.8, 4) is 0 Å². The summed E-state index contributed by atoms with van der Waals surface area (Å²) >= 11 is 9.56. The van der Waals surface area contributed by atoms with E-state index in [2.05, 4.69) is 20.7 Å². The lowest BCUT2D eigenvalue weighted by Gasteiger charge is -2.23. The lowest BCUT2D eigenvalue weighted by molar-refractivity contribution is 0.501. The van der Waals surface area contributed by atoms with Crippen molar-refractivity contribution in [2.75, 3.05) is 6.54 Å². The Hall–Kier alpha value is -0.0200. The van der Waals surface area contributed by atoms with E-state index < -0.39 is 15.4 Å². The van der Waals surface area contributed by atoms with Crippen LogP contribution in [0.15, 0.2) is 14.7 Å². The van der Waals surface area contributed by atoms with E-state index in [4.69, 9.17) is 18.0 Å². The van der Waals surface area contributed by atoms with E-state index in [1.54, 1.807) is 26.8 Å². The van der Waals surface area contributed by atoms with Crippen LogP contribution in [0.25, 0.3) is 0 Å². The fourth-order valence-corrected chi connectivity index (χ4v) is 4.83. The molecule has 0 aliphatic carbocycles. The highest BCUT2D eigenvalue weighted by molar-refractivity contribution is 9.11. The Kier molecular flexibility index (Phi) is 4.93. The van der Waals surface area contributed by atoms with E-state index in [1.807, 2.05) is 0 Å². The predicted molar refractivity (Wildman–Crippen MR) is 82.5 cm³/mol. The van der Waals surface area contributed by atoms with Gasteiger partial charge >= 0.3 is 0 Å². The quantitative estimate of drug-likeness (QED) is 0.780. The molecule has 0 aliphatic heterocycles. The van der Waals surface area contributed by atoms with Crippen molar-refractivity contribution in [3.05, 3.63) is 14.7 Å². The Bertz CT molecular complexity index is 564. The third kappa shape index (κ3) is 3.74. The van der Waals surface area contributed by atoms with Crippen molar-refractivity contribution in [2.45, 2.75) is 25.7 Å². The first-order chi connectivity index (χ1) is 8.06. The molecule has 3 N–H and O–H groups in total. The molecular formula is C10H15BrN2O2S3. The number of thiophene rings is 1. The van der Waals surface area contributed by atoms with E-state index in [0.29, 0.717) is 0 Å². The van der Waals surface area contributed by atoms with Crippen LogP contribution >= 0.6 is 39.5 Å². The van der Waals surface area contributed by atoms with E-state index in [-0.39, 0.29) is 16.4 Å². The molecule has 1 aromatic rings. The third-order valence-electron chi connectivity index (χ3n) is 2.50. The van der Waals surface area contributed by atoms with Gasteiger partial charge in [-0.05, 0) is 28.9 Å². The van der Waals surface area contributed by atoms with Gasteiger partial charge in [0.2, 0.25) is 10.0 Å². The van der Waals surface area contributed by atoms with Gasteiger partial charge in [0.25, 0.3) is 0 Å². The predicted octanol–water partition coefficient (Wildman–Crippen LogP) is 2.41. The van der Waals surface area contributed by atoms with Gasteiger partial charge in [-0.25, -0.2) is 13.1 Å². The molecule has 8 heteroatoms. The summed E-state index contributed by atoms with van der Waals surface area (Å²) in [5, 5.41) is 0. The Balaban J connectivity index is 2.91. The standard InChI is InChI=1S/C10H15BrN2O2S3/c1-6-7(4-8(11)17-6)18(14,15)13-5-10(2,3)9(12)16/h4,13H,5H2,1-3H3,(H2,12,16). The second-order valence-corrected chi connectivity index (χ2v) is 9.35. The number of halogens is 1. The van der Waals surface area contributed by atoms with Crippen LogP contribution in [0.2, 0.25) is 0 Å². The lowest BCUT2D eigenvalue weighted by Crippen LogP contribution is -2.41. The highest BCUT2D eigenvalue weighted by Gasteiger charge is 2.26. The molecular weight excluding hydrogens is 356 g/mol. The maximum absolute atomic E-state index is 12.1. The largest absolute Gasteiger partial charge is 0.393 e. The molecule has 0 spiro atoms. The van der Waals surface area contributed by atoms with Crippen LogP contribution in [0, 0.1) is 12.3 Å². The van der Waals surface area contributed by atoms with Gasteiger partial charge in [0, 0.05) is 16.8 Å². The fourth-order valence-electron chi connectivity index (χ4n) is 1.14. The second-order valence-electron chi connectivity index (χ2n) is 4.54. The molecule has 4 nitrogen and oxygen atoms in total. The Morgan fingerprint density at radius 2 is 2.17 bits per heavy atom. The SMILES string of the molecule is Cc1sc(Br)cc1S(=O)(=O)NCC(C)(C)C(N)=S. The number of hydrogen-bond donors (Lipinski definition) is 2. The summed E-state index contributed by atoms with van der Waals surface area (Å²) in [5.74, 6) is 0. The van der Waals surface area contributed by atoms with Crippen LogP contribution in [0.5, 0.6) is 0 Å². The van der Waals surface area contributed by atoms with Crippen LogP contribution < -0.4 is 10.5 Å². The molecule has 0 saturated heterocycles. The number of nitrogens with two attached hydrogens (primary N) is 1. The smallest absolute Gasteiger partial charge is 0.241 e. The number of hydrogen-bond acceptors (Lipinski definition) is 4. The van der Waals surface area contributed by atoms with Crippen molar-refractivity contribution >= 4 is 54.5 Å². The summed E-state index contributed by atoms with van der Waals surface area (Å²) in [6.45, 7) is 5.54. The van der Waals surface area contributed by atoms with Crippen molar-refractivity contribution < 1.29 is 8.42 Å². The number of rotatable bonds is 5. The average molecular weight is 371 g/mol. The van der Waals surface area contributed by atoms with Crippen LogP contribution in [-0.2, 0) is 10.0 Å². The van der Waals surface area contributed by atoms with E-state index in [1.165, 1.54) is 11.3 Å². The second kappa shape index (κ2) is 5.54. The molecule has 0 bridgehead atoms. The number of aryl methyl sites for hydroxylation is 1. The summed E-state index contributed by atoms with van der Waals surface area (Å²) in [6.07, 6.45) is 0. The molecule has 1 heterocycles. The van der Waals surface area contributed by atoms with Gasteiger partial charge in [0.1, 0.15) is 0 Å².